The Labute approximate surface area is 56.2 Å². The van der Waals surface area contributed by atoms with Crippen molar-refractivity contribution in [1.29, 1.82) is 0 Å². The number of carbonyl (C=O) groups is 1. The van der Waals surface area contributed by atoms with Crippen molar-refractivity contribution in [2.24, 2.45) is 5.10 Å². The highest BCUT2D eigenvalue weighted by Gasteiger charge is 2.35. The minimum Gasteiger partial charge on any atom is -0.453 e. The summed E-state index contributed by atoms with van der Waals surface area (Å²) in [6.45, 7) is 0.112. The van der Waals surface area contributed by atoms with Gasteiger partial charge in [0.05, 0.1) is 0 Å². The molecule has 0 aromatic rings. The normalized spacial score (nSPS) is 22.9. The molecule has 6 heteroatoms. The van der Waals surface area contributed by atoms with Crippen molar-refractivity contribution >= 4 is 11.9 Å². The minimum absolute atomic E-state index is 0.0344. The lowest BCUT2D eigenvalue weighted by atomic mass is 10.6. The van der Waals surface area contributed by atoms with Crippen molar-refractivity contribution < 1.29 is 14.7 Å². The molecule has 54 valence electrons. The number of fused-ring (bicyclic) bond motifs is 1. The van der Waals surface area contributed by atoms with E-state index >= 15 is 0 Å². The third kappa shape index (κ3) is 0.561. The van der Waals surface area contributed by atoms with E-state index in [1.165, 1.54) is 4.90 Å². The van der Waals surface area contributed by atoms with Gasteiger partial charge in [-0.3, -0.25) is 10.0 Å². The minimum atomic E-state index is -0.171. The van der Waals surface area contributed by atoms with E-state index in [1.807, 2.05) is 0 Å². The van der Waals surface area contributed by atoms with Gasteiger partial charge < -0.3 is 4.74 Å². The molecule has 1 N–H and O–H groups in total. The van der Waals surface area contributed by atoms with E-state index in [4.69, 9.17) is 9.94 Å². The van der Waals surface area contributed by atoms with E-state index in [-0.39, 0.29) is 25.2 Å². The summed E-state index contributed by atoms with van der Waals surface area (Å²) in [6, 6.07) is 0.188. The van der Waals surface area contributed by atoms with Crippen LogP contribution in [0, 0.1) is 0 Å². The van der Waals surface area contributed by atoms with Crippen LogP contribution in [0.4, 0.5) is 0 Å². The standard InChI is InChI=1S/C4H5N3O3/c8-3-1-10-4-5-7(9)2-6(3)4/h9H,1-2H2. The van der Waals surface area contributed by atoms with E-state index in [1.54, 1.807) is 0 Å². The Kier molecular flexibility index (Phi) is 0.877. The molecule has 0 spiro atoms. The molecule has 0 aromatic heterocycles. The molecule has 0 aromatic carbocycles. The van der Waals surface area contributed by atoms with Crippen LogP contribution in [0.2, 0.25) is 0 Å². The second kappa shape index (κ2) is 1.60. The van der Waals surface area contributed by atoms with Crippen LogP contribution in [0.1, 0.15) is 0 Å². The van der Waals surface area contributed by atoms with Gasteiger partial charge in [0.15, 0.2) is 6.61 Å². The smallest absolute Gasteiger partial charge is 0.320 e. The number of amidine groups is 1. The molecule has 6 nitrogen and oxygen atoms in total. The fourth-order valence-electron chi connectivity index (χ4n) is 0.868. The zero-order chi connectivity index (χ0) is 7.14. The van der Waals surface area contributed by atoms with Gasteiger partial charge in [-0.15, -0.1) is 5.17 Å². The third-order valence-corrected chi connectivity index (χ3v) is 1.33. The lowest BCUT2D eigenvalue weighted by Gasteiger charge is -2.05. The van der Waals surface area contributed by atoms with Gasteiger partial charge in [-0.25, -0.2) is 4.90 Å². The first-order valence-electron chi connectivity index (χ1n) is 2.75. The predicted molar refractivity (Wildman–Crippen MR) is 28.7 cm³/mol. The number of rotatable bonds is 0. The van der Waals surface area contributed by atoms with Crippen molar-refractivity contribution in [1.82, 2.24) is 10.1 Å². The summed E-state index contributed by atoms with van der Waals surface area (Å²) >= 11 is 0. The Morgan fingerprint density at radius 2 is 2.50 bits per heavy atom. The van der Waals surface area contributed by atoms with Crippen LogP contribution in [-0.2, 0) is 9.53 Å². The van der Waals surface area contributed by atoms with E-state index in [0.29, 0.717) is 5.17 Å². The molecule has 2 aliphatic rings. The van der Waals surface area contributed by atoms with Crippen molar-refractivity contribution in [3.05, 3.63) is 0 Å². The number of carbonyl (C=O) groups excluding carboxylic acids is 1. The second-order valence-electron chi connectivity index (χ2n) is 2.01. The van der Waals surface area contributed by atoms with Crippen LogP contribution in [0.15, 0.2) is 5.10 Å². The largest absolute Gasteiger partial charge is 0.453 e. The molecule has 10 heavy (non-hydrogen) atoms. The molecule has 0 atom stereocenters. The number of hydrogen-bond acceptors (Lipinski definition) is 5. The maximum absolute atomic E-state index is 10.8. The number of nitrogens with zero attached hydrogens (tertiary/aromatic N) is 3. The van der Waals surface area contributed by atoms with Crippen LogP contribution in [0.5, 0.6) is 0 Å². The summed E-state index contributed by atoms with van der Waals surface area (Å²) in [7, 11) is 0. The highest BCUT2D eigenvalue weighted by Crippen LogP contribution is 2.12. The average molecular weight is 143 g/mol. The first-order valence-corrected chi connectivity index (χ1v) is 2.75. The molecule has 2 rings (SSSR count). The summed E-state index contributed by atoms with van der Waals surface area (Å²) in [5, 5.41) is 12.9. The Hall–Kier alpha value is -1.30. The highest BCUT2D eigenvalue weighted by molar-refractivity contribution is 6.00. The molecular formula is C4H5N3O3. The summed E-state index contributed by atoms with van der Waals surface area (Å²) in [6.07, 6.45) is 0. The monoisotopic (exact) mass is 143 g/mol. The summed E-state index contributed by atoms with van der Waals surface area (Å²) in [5.74, 6) is -0.171. The van der Waals surface area contributed by atoms with Gasteiger partial charge in [0.1, 0.15) is 6.67 Å². The molecule has 0 unspecified atom stereocenters. The Balaban J connectivity index is 2.26. The maximum Gasteiger partial charge on any atom is 0.320 e. The molecular weight excluding hydrogens is 138 g/mol. The van der Waals surface area contributed by atoms with Gasteiger partial charge in [0.2, 0.25) is 0 Å². The number of hydroxylamine groups is 1. The van der Waals surface area contributed by atoms with Crippen LogP contribution in [-0.4, -0.2) is 40.5 Å². The van der Waals surface area contributed by atoms with Gasteiger partial charge in [0.25, 0.3) is 5.91 Å². The van der Waals surface area contributed by atoms with Crippen LogP contribution in [0.25, 0.3) is 0 Å². The first kappa shape index (κ1) is 5.48. The fourth-order valence-corrected chi connectivity index (χ4v) is 0.868. The lowest BCUT2D eigenvalue weighted by molar-refractivity contribution is -0.136. The van der Waals surface area contributed by atoms with Crippen molar-refractivity contribution in [3.8, 4) is 0 Å². The molecule has 1 amide bonds. The van der Waals surface area contributed by atoms with Crippen molar-refractivity contribution in [2.45, 2.75) is 0 Å². The number of amides is 1. The number of hydrazone groups is 1. The third-order valence-electron chi connectivity index (χ3n) is 1.33. The topological polar surface area (TPSA) is 65.4 Å². The average Bonchev–Trinajstić information content (AvgIpc) is 2.35. The van der Waals surface area contributed by atoms with E-state index in [2.05, 4.69) is 5.10 Å². The van der Waals surface area contributed by atoms with Crippen LogP contribution in [0.3, 0.4) is 0 Å². The molecule has 0 radical (unpaired) electrons. The van der Waals surface area contributed by atoms with E-state index in [0.717, 1.165) is 0 Å². The molecule has 2 aliphatic heterocycles. The van der Waals surface area contributed by atoms with Gasteiger partial charge in [-0.05, 0) is 0 Å². The van der Waals surface area contributed by atoms with Gasteiger partial charge >= 0.3 is 6.02 Å². The Morgan fingerprint density at radius 1 is 1.70 bits per heavy atom. The molecule has 1 saturated heterocycles. The zero-order valence-corrected chi connectivity index (χ0v) is 5.02. The van der Waals surface area contributed by atoms with Crippen LogP contribution < -0.4 is 0 Å². The second-order valence-corrected chi connectivity index (χ2v) is 2.01. The van der Waals surface area contributed by atoms with E-state index < -0.39 is 0 Å². The molecule has 0 aliphatic carbocycles. The van der Waals surface area contributed by atoms with Gasteiger partial charge in [-0.2, -0.15) is 0 Å². The Morgan fingerprint density at radius 3 is 3.20 bits per heavy atom. The Bertz CT molecular complexity index is 214. The molecule has 0 saturated carbocycles. The van der Waals surface area contributed by atoms with Crippen LogP contribution >= 0.6 is 0 Å². The molecule has 1 fully saturated rings. The van der Waals surface area contributed by atoms with Gasteiger partial charge in [-0.1, -0.05) is 5.10 Å². The first-order chi connectivity index (χ1) is 4.77. The summed E-state index contributed by atoms with van der Waals surface area (Å²) in [4.78, 5) is 12.0. The molecule has 0 bridgehead atoms. The number of ether oxygens (including phenoxy) is 1. The van der Waals surface area contributed by atoms with Crippen molar-refractivity contribution in [2.75, 3.05) is 13.3 Å². The summed E-state index contributed by atoms with van der Waals surface area (Å²) in [5.41, 5.74) is 0. The van der Waals surface area contributed by atoms with E-state index in [9.17, 15) is 4.79 Å². The quantitative estimate of drug-likeness (QED) is 0.461. The highest BCUT2D eigenvalue weighted by atomic mass is 16.6. The predicted octanol–water partition coefficient (Wildman–Crippen LogP) is -1.22. The zero-order valence-electron chi connectivity index (χ0n) is 5.02. The maximum atomic E-state index is 10.8. The number of hydrogen-bond donors (Lipinski definition) is 1. The van der Waals surface area contributed by atoms with Crippen molar-refractivity contribution in [3.63, 3.8) is 0 Å². The lowest BCUT2D eigenvalue weighted by Crippen LogP contribution is -2.30. The SMILES string of the molecule is O=C1COC2=NN(O)CN12. The summed E-state index contributed by atoms with van der Waals surface area (Å²) < 4.78 is 4.78. The van der Waals surface area contributed by atoms with Gasteiger partial charge in [0, 0.05) is 0 Å². The molecule has 2 heterocycles. The fraction of sp³-hybridized carbons (Fsp3) is 0.500.